The van der Waals surface area contributed by atoms with Gasteiger partial charge in [0.05, 0.1) is 12.3 Å². The normalized spacial score (nSPS) is 11.6. The van der Waals surface area contributed by atoms with Crippen molar-refractivity contribution in [3.8, 4) is 0 Å². The maximum atomic E-state index is 13.3. The van der Waals surface area contributed by atoms with Gasteiger partial charge in [-0.3, -0.25) is 5.43 Å². The molecule has 102 valence electrons. The van der Waals surface area contributed by atoms with Crippen molar-refractivity contribution in [1.29, 1.82) is 0 Å². The first-order valence-corrected chi connectivity index (χ1v) is 5.21. The number of rotatable bonds is 5. The number of hydrogen-bond donors (Lipinski definition) is 2. The minimum atomic E-state index is -0.882. The van der Waals surface area contributed by atoms with Crippen molar-refractivity contribution in [1.82, 2.24) is 0 Å². The number of nitrogens with one attached hydrogen (secondary N) is 1. The topological polar surface area (TPSA) is 83.3 Å². The Labute approximate surface area is 107 Å². The molecule has 0 aromatic heterocycles. The van der Waals surface area contributed by atoms with Gasteiger partial charge in [-0.2, -0.15) is 5.10 Å². The van der Waals surface area contributed by atoms with E-state index in [2.05, 4.69) is 20.4 Å². The fraction of sp³-hybridized carbons (Fsp3) is 0.182. The summed E-state index contributed by atoms with van der Waals surface area (Å²) in [6.07, 6.45) is 0.729. The first-order chi connectivity index (χ1) is 9.08. The number of hydrogen-bond acceptors (Lipinski definition) is 6. The molecule has 0 aliphatic rings. The summed E-state index contributed by atoms with van der Waals surface area (Å²) in [5, 5.41) is 14.5. The summed E-state index contributed by atoms with van der Waals surface area (Å²) in [5.41, 5.74) is 1.70. The van der Waals surface area contributed by atoms with Crippen molar-refractivity contribution < 1.29 is 23.5 Å². The SMILES string of the molecule is CCOC(=O)C(C=NO)=NNc1ccc(F)cc1F. The lowest BCUT2D eigenvalue weighted by molar-refractivity contribution is -0.134. The van der Waals surface area contributed by atoms with Crippen LogP contribution < -0.4 is 5.43 Å². The zero-order valence-electron chi connectivity index (χ0n) is 9.93. The Morgan fingerprint density at radius 3 is 2.84 bits per heavy atom. The highest BCUT2D eigenvalue weighted by Gasteiger charge is 2.11. The fourth-order valence-electron chi connectivity index (χ4n) is 1.09. The van der Waals surface area contributed by atoms with Gasteiger partial charge >= 0.3 is 5.97 Å². The van der Waals surface area contributed by atoms with Crippen LogP contribution in [0.3, 0.4) is 0 Å². The first-order valence-electron chi connectivity index (χ1n) is 5.21. The van der Waals surface area contributed by atoms with E-state index in [0.717, 1.165) is 18.3 Å². The number of carbonyl (C=O) groups is 1. The maximum absolute atomic E-state index is 13.3. The molecule has 0 spiro atoms. The van der Waals surface area contributed by atoms with E-state index in [9.17, 15) is 13.6 Å². The van der Waals surface area contributed by atoms with Gasteiger partial charge in [-0.25, -0.2) is 13.6 Å². The van der Waals surface area contributed by atoms with Crippen LogP contribution in [0.25, 0.3) is 0 Å². The molecule has 6 nitrogen and oxygen atoms in total. The van der Waals surface area contributed by atoms with Crippen LogP contribution in [0.2, 0.25) is 0 Å². The van der Waals surface area contributed by atoms with Gasteiger partial charge in [-0.15, -0.1) is 0 Å². The minimum Gasteiger partial charge on any atom is -0.461 e. The van der Waals surface area contributed by atoms with E-state index in [1.54, 1.807) is 6.92 Å². The van der Waals surface area contributed by atoms with Crippen molar-refractivity contribution >= 4 is 23.6 Å². The van der Waals surface area contributed by atoms with Crippen LogP contribution in [0.5, 0.6) is 0 Å². The molecule has 0 atom stereocenters. The lowest BCUT2D eigenvalue weighted by Crippen LogP contribution is -2.20. The second-order valence-electron chi connectivity index (χ2n) is 3.20. The molecule has 0 aliphatic heterocycles. The molecule has 1 rings (SSSR count). The maximum Gasteiger partial charge on any atom is 0.360 e. The molecule has 0 saturated heterocycles. The van der Waals surface area contributed by atoms with Crippen LogP contribution in [-0.2, 0) is 9.53 Å². The number of anilines is 1. The van der Waals surface area contributed by atoms with Crippen LogP contribution >= 0.6 is 0 Å². The predicted molar refractivity (Wildman–Crippen MR) is 64.3 cm³/mol. The van der Waals surface area contributed by atoms with Gasteiger partial charge in [0.1, 0.15) is 12.0 Å². The zero-order valence-corrected chi connectivity index (χ0v) is 9.93. The van der Waals surface area contributed by atoms with Gasteiger partial charge in [0, 0.05) is 6.07 Å². The Kier molecular flexibility index (Phi) is 5.39. The molecular weight excluding hydrogens is 260 g/mol. The largest absolute Gasteiger partial charge is 0.461 e. The van der Waals surface area contributed by atoms with E-state index >= 15 is 0 Å². The number of benzene rings is 1. The Balaban J connectivity index is 2.88. The Hall–Kier alpha value is -2.51. The van der Waals surface area contributed by atoms with Crippen molar-refractivity contribution in [2.75, 3.05) is 12.0 Å². The molecule has 0 fully saturated rings. The number of oxime groups is 1. The number of ether oxygens (including phenoxy) is 1. The van der Waals surface area contributed by atoms with Crippen LogP contribution in [0, 0.1) is 11.6 Å². The summed E-state index contributed by atoms with van der Waals surface area (Å²) < 4.78 is 30.6. The van der Waals surface area contributed by atoms with E-state index in [0.29, 0.717) is 6.07 Å². The third kappa shape index (κ3) is 4.34. The van der Waals surface area contributed by atoms with Gasteiger partial charge < -0.3 is 9.94 Å². The standard InChI is InChI=1S/C11H11F2N3O3/c1-2-19-11(17)10(6-14-18)16-15-9-4-3-7(12)5-8(9)13/h3-6,15,18H,2H2,1H3. The third-order valence-corrected chi connectivity index (χ3v) is 1.89. The molecule has 0 heterocycles. The molecule has 2 N–H and O–H groups in total. The lowest BCUT2D eigenvalue weighted by atomic mass is 10.3. The van der Waals surface area contributed by atoms with Crippen molar-refractivity contribution in [2.24, 2.45) is 10.3 Å². The Morgan fingerprint density at radius 2 is 2.26 bits per heavy atom. The second kappa shape index (κ2) is 7.04. The molecule has 8 heteroatoms. The van der Waals surface area contributed by atoms with E-state index in [4.69, 9.17) is 5.21 Å². The molecule has 0 unspecified atom stereocenters. The average molecular weight is 271 g/mol. The lowest BCUT2D eigenvalue weighted by Gasteiger charge is -2.04. The number of halogens is 2. The summed E-state index contributed by atoms with van der Waals surface area (Å²) in [6.45, 7) is 1.68. The van der Waals surface area contributed by atoms with E-state index < -0.39 is 17.6 Å². The molecule has 0 bridgehead atoms. The molecule has 0 radical (unpaired) electrons. The molecule has 1 aromatic carbocycles. The third-order valence-electron chi connectivity index (χ3n) is 1.89. The van der Waals surface area contributed by atoms with Gasteiger partial charge in [0.25, 0.3) is 0 Å². The van der Waals surface area contributed by atoms with E-state index in [1.807, 2.05) is 0 Å². The predicted octanol–water partition coefficient (Wildman–Crippen LogP) is 1.76. The van der Waals surface area contributed by atoms with Gasteiger partial charge in [0.2, 0.25) is 0 Å². The number of nitrogens with zero attached hydrogens (tertiary/aromatic N) is 2. The van der Waals surface area contributed by atoms with E-state index in [-0.39, 0.29) is 18.0 Å². The number of esters is 1. The molecule has 19 heavy (non-hydrogen) atoms. The molecule has 0 amide bonds. The van der Waals surface area contributed by atoms with E-state index in [1.165, 1.54) is 0 Å². The fourth-order valence-corrected chi connectivity index (χ4v) is 1.09. The van der Waals surface area contributed by atoms with Gasteiger partial charge in [0.15, 0.2) is 11.5 Å². The minimum absolute atomic E-state index is 0.0992. The highest BCUT2D eigenvalue weighted by atomic mass is 19.1. The monoisotopic (exact) mass is 271 g/mol. The summed E-state index contributed by atoms with van der Waals surface area (Å²) in [5.74, 6) is -2.47. The average Bonchev–Trinajstić information content (AvgIpc) is 2.36. The number of carbonyl (C=O) groups excluding carboxylic acids is 1. The summed E-state index contributed by atoms with van der Waals surface area (Å²) in [7, 11) is 0. The Bertz CT molecular complexity index is 518. The molecule has 0 aliphatic carbocycles. The quantitative estimate of drug-likeness (QED) is 0.370. The second-order valence-corrected chi connectivity index (χ2v) is 3.20. The smallest absolute Gasteiger partial charge is 0.360 e. The summed E-state index contributed by atoms with van der Waals surface area (Å²) >= 11 is 0. The van der Waals surface area contributed by atoms with Crippen LogP contribution in [0.15, 0.2) is 28.5 Å². The number of hydrazone groups is 1. The molecule has 1 aromatic rings. The highest BCUT2D eigenvalue weighted by Crippen LogP contribution is 2.14. The van der Waals surface area contributed by atoms with Crippen LogP contribution in [0.1, 0.15) is 6.92 Å². The molecule has 0 saturated carbocycles. The van der Waals surface area contributed by atoms with Crippen molar-refractivity contribution in [3.63, 3.8) is 0 Å². The van der Waals surface area contributed by atoms with Crippen LogP contribution in [-0.4, -0.2) is 29.7 Å². The Morgan fingerprint density at radius 1 is 1.53 bits per heavy atom. The van der Waals surface area contributed by atoms with Crippen molar-refractivity contribution in [3.05, 3.63) is 29.8 Å². The van der Waals surface area contributed by atoms with Gasteiger partial charge in [-0.1, -0.05) is 5.16 Å². The van der Waals surface area contributed by atoms with Crippen LogP contribution in [0.4, 0.5) is 14.5 Å². The first kappa shape index (κ1) is 14.6. The van der Waals surface area contributed by atoms with Crippen molar-refractivity contribution in [2.45, 2.75) is 6.92 Å². The summed E-state index contributed by atoms with van der Waals surface area (Å²) in [6, 6.07) is 2.78. The molecular formula is C11H11F2N3O3. The summed E-state index contributed by atoms with van der Waals surface area (Å²) in [4.78, 5) is 11.3. The van der Waals surface area contributed by atoms with Gasteiger partial charge in [-0.05, 0) is 19.1 Å². The highest BCUT2D eigenvalue weighted by molar-refractivity contribution is 6.59. The zero-order chi connectivity index (χ0) is 14.3.